The fourth-order valence-electron chi connectivity index (χ4n) is 8.52. The number of hydrogen-bond donors (Lipinski definition) is 3. The summed E-state index contributed by atoms with van der Waals surface area (Å²) in [7, 11) is 3.62. The van der Waals surface area contributed by atoms with Crippen LogP contribution in [0.15, 0.2) is 77.7 Å². The highest BCUT2D eigenvalue weighted by atomic mass is 35.5. The number of imide groups is 2. The number of carbonyl (C=O) groups excluding carboxylic acids is 6. The van der Waals surface area contributed by atoms with Crippen LogP contribution in [-0.4, -0.2) is 123 Å². The lowest BCUT2D eigenvalue weighted by Crippen LogP contribution is -2.54. The first kappa shape index (κ1) is 40.5. The van der Waals surface area contributed by atoms with Gasteiger partial charge in [-0.05, 0) is 73.3 Å². The van der Waals surface area contributed by atoms with Crippen molar-refractivity contribution < 1.29 is 28.8 Å². The Morgan fingerprint density at radius 3 is 2.28 bits per heavy atom. The summed E-state index contributed by atoms with van der Waals surface area (Å²) in [6, 6.07) is 18.5. The second-order valence-corrected chi connectivity index (χ2v) is 16.2. The van der Waals surface area contributed by atoms with Gasteiger partial charge in [-0.3, -0.25) is 48.7 Å². The van der Waals surface area contributed by atoms with E-state index in [1.165, 1.54) is 16.8 Å². The Morgan fingerprint density at radius 1 is 0.850 bits per heavy atom. The Kier molecular flexibility index (Phi) is 11.3. The van der Waals surface area contributed by atoms with Gasteiger partial charge in [0, 0.05) is 76.5 Å². The van der Waals surface area contributed by atoms with Crippen LogP contribution in [0.2, 0.25) is 5.02 Å². The molecule has 16 nitrogen and oxygen atoms in total. The SMILES string of the molecule is CN1CC(Nc2cnn(C)c(=O)c2Cl)CC(c2ccc(C(=O)N3CCN(Cc4ccc(C(=O)Nc5cccc6c5C(=O)N(C5CCC(=O)NC5=O)C6=O)cc4)CC3)cc2)C1. The largest absolute Gasteiger partial charge is 0.378 e. The van der Waals surface area contributed by atoms with E-state index in [4.69, 9.17) is 11.6 Å². The van der Waals surface area contributed by atoms with Crippen LogP contribution in [0.25, 0.3) is 0 Å². The molecular weight excluding hydrogens is 790 g/mol. The number of carbonyl (C=O) groups is 6. The van der Waals surface area contributed by atoms with Gasteiger partial charge in [0.2, 0.25) is 11.8 Å². The van der Waals surface area contributed by atoms with Crippen molar-refractivity contribution in [3.8, 4) is 0 Å². The van der Waals surface area contributed by atoms with Crippen LogP contribution in [0.3, 0.4) is 0 Å². The number of piperidine rings is 2. The molecule has 8 rings (SSSR count). The van der Waals surface area contributed by atoms with Crippen LogP contribution in [0.1, 0.15) is 77.7 Å². The van der Waals surface area contributed by atoms with E-state index in [0.29, 0.717) is 49.5 Å². The number of aryl methyl sites for hydroxylation is 1. The minimum absolute atomic E-state index is 0.00568. The minimum atomic E-state index is -1.11. The van der Waals surface area contributed by atoms with Crippen molar-refractivity contribution >= 4 is 58.4 Å². The topological polar surface area (TPSA) is 186 Å². The molecule has 310 valence electrons. The Balaban J connectivity index is 0.824. The second kappa shape index (κ2) is 16.8. The van der Waals surface area contributed by atoms with E-state index in [9.17, 15) is 33.6 Å². The third-order valence-electron chi connectivity index (χ3n) is 11.7. The van der Waals surface area contributed by atoms with Gasteiger partial charge in [0.25, 0.3) is 29.2 Å². The molecule has 0 saturated carbocycles. The van der Waals surface area contributed by atoms with E-state index in [1.54, 1.807) is 31.4 Å². The van der Waals surface area contributed by atoms with Gasteiger partial charge in [0.1, 0.15) is 11.1 Å². The van der Waals surface area contributed by atoms with Crippen LogP contribution in [0, 0.1) is 0 Å². The molecule has 0 radical (unpaired) electrons. The first-order valence-corrected chi connectivity index (χ1v) is 20.3. The number of fused-ring (bicyclic) bond motifs is 1. The third kappa shape index (κ3) is 8.17. The number of likely N-dealkylation sites (tertiary alicyclic amines) is 1. The number of benzene rings is 3. The number of aromatic nitrogens is 2. The maximum absolute atomic E-state index is 13.5. The Bertz CT molecular complexity index is 2450. The number of halogens is 1. The standard InChI is InChI=1S/C43H44ClN9O7/c1-49-23-29(20-30(24-49)46-33-21-45-50(2)43(60)37(33)44)26-10-12-28(13-11-26)40(57)52-18-16-51(17-19-52)22-25-6-8-27(9-7-25)38(55)47-32-5-3-4-31-36(32)42(59)53(41(31)58)34-14-15-35(54)48-39(34)56/h3-13,21,29-30,34,46H,14-20,22-24H2,1-2H3,(H,47,55)(H,48,54,56). The molecule has 3 N–H and O–H groups in total. The number of anilines is 2. The maximum Gasteiger partial charge on any atom is 0.287 e. The number of hydrogen-bond acceptors (Lipinski definition) is 11. The quantitative estimate of drug-likeness (QED) is 0.211. The molecule has 3 atom stereocenters. The molecule has 60 heavy (non-hydrogen) atoms. The molecule has 4 aliphatic rings. The van der Waals surface area contributed by atoms with E-state index < -0.39 is 35.6 Å². The van der Waals surface area contributed by atoms with Crippen LogP contribution in [0.5, 0.6) is 0 Å². The fourth-order valence-corrected chi connectivity index (χ4v) is 8.75. The molecule has 17 heteroatoms. The van der Waals surface area contributed by atoms with Gasteiger partial charge in [-0.15, -0.1) is 0 Å². The Hall–Kier alpha value is -6.23. The summed E-state index contributed by atoms with van der Waals surface area (Å²) in [6.45, 7) is 4.80. The summed E-state index contributed by atoms with van der Waals surface area (Å²) in [6.07, 6.45) is 2.45. The van der Waals surface area contributed by atoms with Crippen molar-refractivity contribution in [1.82, 2.24) is 34.7 Å². The number of piperazine rings is 1. The van der Waals surface area contributed by atoms with E-state index in [2.05, 4.69) is 37.9 Å². The first-order valence-electron chi connectivity index (χ1n) is 19.9. The van der Waals surface area contributed by atoms with Crippen LogP contribution in [0.4, 0.5) is 11.4 Å². The lowest BCUT2D eigenvalue weighted by molar-refractivity contribution is -0.136. The summed E-state index contributed by atoms with van der Waals surface area (Å²) in [4.78, 5) is 97.1. The average Bonchev–Trinajstić information content (AvgIpc) is 3.50. The molecule has 5 heterocycles. The summed E-state index contributed by atoms with van der Waals surface area (Å²) < 4.78 is 1.21. The number of rotatable bonds is 9. The monoisotopic (exact) mass is 833 g/mol. The lowest BCUT2D eigenvalue weighted by atomic mass is 9.87. The van der Waals surface area contributed by atoms with Crippen molar-refractivity contribution in [2.45, 2.75) is 43.8 Å². The van der Waals surface area contributed by atoms with Crippen molar-refractivity contribution in [3.05, 3.63) is 122 Å². The molecule has 0 aliphatic carbocycles. The second-order valence-electron chi connectivity index (χ2n) is 15.8. The average molecular weight is 834 g/mol. The lowest BCUT2D eigenvalue weighted by Gasteiger charge is -2.37. The highest BCUT2D eigenvalue weighted by molar-refractivity contribution is 6.33. The molecular formula is C43H44ClN9O7. The van der Waals surface area contributed by atoms with E-state index in [-0.39, 0.29) is 58.1 Å². The molecule has 6 amide bonds. The predicted molar refractivity (Wildman–Crippen MR) is 222 cm³/mol. The number of amides is 6. The third-order valence-corrected chi connectivity index (χ3v) is 12.1. The van der Waals surface area contributed by atoms with E-state index in [1.807, 2.05) is 41.3 Å². The molecule has 3 fully saturated rings. The van der Waals surface area contributed by atoms with E-state index in [0.717, 1.165) is 35.5 Å². The Labute approximate surface area is 350 Å². The summed E-state index contributed by atoms with van der Waals surface area (Å²) in [5.74, 6) is -2.78. The van der Waals surface area contributed by atoms with E-state index >= 15 is 0 Å². The molecule has 0 spiro atoms. The van der Waals surface area contributed by atoms with Crippen LogP contribution >= 0.6 is 11.6 Å². The number of nitrogens with zero attached hydrogens (tertiary/aromatic N) is 6. The normalized spacial score (nSPS) is 21.1. The van der Waals surface area contributed by atoms with Gasteiger partial charge in [0.05, 0.1) is 28.7 Å². The van der Waals surface area contributed by atoms with Crippen molar-refractivity contribution in [3.63, 3.8) is 0 Å². The summed E-state index contributed by atoms with van der Waals surface area (Å²) >= 11 is 6.31. The molecule has 3 aromatic carbocycles. The zero-order valence-corrected chi connectivity index (χ0v) is 33.9. The molecule has 3 unspecified atom stereocenters. The first-order chi connectivity index (χ1) is 28.8. The molecule has 0 bridgehead atoms. The fraction of sp³-hybridized carbons (Fsp3) is 0.349. The molecule has 1 aromatic heterocycles. The minimum Gasteiger partial charge on any atom is -0.378 e. The van der Waals surface area contributed by atoms with Gasteiger partial charge < -0.3 is 20.4 Å². The van der Waals surface area contributed by atoms with Crippen LogP contribution in [-0.2, 0) is 23.2 Å². The Morgan fingerprint density at radius 2 is 1.57 bits per heavy atom. The molecule has 4 aliphatic heterocycles. The zero-order valence-electron chi connectivity index (χ0n) is 33.2. The van der Waals surface area contributed by atoms with Crippen LogP contribution < -0.4 is 21.5 Å². The van der Waals surface area contributed by atoms with Crippen molar-refractivity contribution in [2.24, 2.45) is 7.05 Å². The molecule has 3 saturated heterocycles. The number of nitrogens with one attached hydrogen (secondary N) is 3. The van der Waals surface area contributed by atoms with Gasteiger partial charge in [-0.1, -0.05) is 41.9 Å². The van der Waals surface area contributed by atoms with Gasteiger partial charge in [0.15, 0.2) is 0 Å². The predicted octanol–water partition coefficient (Wildman–Crippen LogP) is 2.95. The van der Waals surface area contributed by atoms with Crippen molar-refractivity contribution in [2.75, 3.05) is 56.9 Å². The smallest absolute Gasteiger partial charge is 0.287 e. The number of likely N-dealkylation sites (N-methyl/N-ethyl adjacent to an activating group) is 1. The summed E-state index contributed by atoms with van der Waals surface area (Å²) in [5.41, 5.74) is 3.53. The highest BCUT2D eigenvalue weighted by Gasteiger charge is 2.45. The molecule has 4 aromatic rings. The van der Waals surface area contributed by atoms with Crippen molar-refractivity contribution in [1.29, 1.82) is 0 Å². The summed E-state index contributed by atoms with van der Waals surface area (Å²) in [5, 5.41) is 12.6. The zero-order chi connectivity index (χ0) is 42.2. The maximum atomic E-state index is 13.5. The van der Waals surface area contributed by atoms with Gasteiger partial charge in [-0.2, -0.15) is 5.10 Å². The highest BCUT2D eigenvalue weighted by Crippen LogP contribution is 2.33. The van der Waals surface area contributed by atoms with Gasteiger partial charge >= 0.3 is 0 Å². The van der Waals surface area contributed by atoms with Gasteiger partial charge in [-0.25, -0.2) is 4.68 Å².